The first-order valence-corrected chi connectivity index (χ1v) is 7.65. The largest absolute Gasteiger partial charge is 0.478 e. The number of fused-ring (bicyclic) bond motifs is 1. The number of carboxylic acid groups (broad SMARTS) is 1. The zero-order chi connectivity index (χ0) is 13.4. The van der Waals surface area contributed by atoms with Crippen LogP contribution in [0.5, 0.6) is 0 Å². The van der Waals surface area contributed by atoms with Crippen LogP contribution in [0.25, 0.3) is 0 Å². The molecular formula is C14H12BrNO2S. The molecule has 98 valence electrons. The molecule has 0 atom stereocenters. The Labute approximate surface area is 123 Å². The molecule has 0 unspecified atom stereocenters. The highest BCUT2D eigenvalue weighted by atomic mass is 79.9. The molecule has 5 heteroatoms. The second-order valence-corrected chi connectivity index (χ2v) is 6.46. The molecule has 0 spiro atoms. The Morgan fingerprint density at radius 3 is 2.95 bits per heavy atom. The highest BCUT2D eigenvalue weighted by molar-refractivity contribution is 9.10. The molecule has 1 aliphatic rings. The average molecular weight is 338 g/mol. The molecule has 0 aliphatic carbocycles. The summed E-state index contributed by atoms with van der Waals surface area (Å²) in [6.45, 7) is 1.79. The van der Waals surface area contributed by atoms with Gasteiger partial charge in [0.05, 0.1) is 12.1 Å². The van der Waals surface area contributed by atoms with Crippen LogP contribution in [0, 0.1) is 0 Å². The van der Waals surface area contributed by atoms with E-state index in [0.29, 0.717) is 5.56 Å². The van der Waals surface area contributed by atoms with Crippen LogP contribution >= 0.6 is 27.3 Å². The van der Waals surface area contributed by atoms with Crippen LogP contribution < -0.4 is 4.90 Å². The number of rotatable bonds is 3. The summed E-state index contributed by atoms with van der Waals surface area (Å²) in [5, 5.41) is 11.1. The summed E-state index contributed by atoms with van der Waals surface area (Å²) in [6.07, 6.45) is 0.988. The van der Waals surface area contributed by atoms with Crippen molar-refractivity contribution in [2.45, 2.75) is 13.0 Å². The van der Waals surface area contributed by atoms with Crippen molar-refractivity contribution in [3.63, 3.8) is 0 Å². The van der Waals surface area contributed by atoms with E-state index >= 15 is 0 Å². The minimum atomic E-state index is -0.867. The van der Waals surface area contributed by atoms with Gasteiger partial charge in [0.25, 0.3) is 0 Å². The third-order valence-corrected chi connectivity index (χ3v) is 4.97. The van der Waals surface area contributed by atoms with E-state index in [0.717, 1.165) is 29.7 Å². The van der Waals surface area contributed by atoms with Crippen LogP contribution in [0.2, 0.25) is 0 Å². The van der Waals surface area contributed by atoms with E-state index in [9.17, 15) is 4.79 Å². The summed E-state index contributed by atoms with van der Waals surface area (Å²) in [4.78, 5) is 14.6. The number of thiophene rings is 1. The summed E-state index contributed by atoms with van der Waals surface area (Å²) in [6, 6.07) is 7.52. The van der Waals surface area contributed by atoms with Gasteiger partial charge in [-0.2, -0.15) is 0 Å². The molecule has 1 aromatic carbocycles. The Bertz CT molecular complexity index is 638. The van der Waals surface area contributed by atoms with Gasteiger partial charge in [0, 0.05) is 27.0 Å². The molecule has 0 radical (unpaired) electrons. The maximum absolute atomic E-state index is 11.0. The lowest BCUT2D eigenvalue weighted by atomic mass is 10.1. The molecule has 0 amide bonds. The first kappa shape index (κ1) is 12.7. The topological polar surface area (TPSA) is 40.5 Å². The number of anilines is 1. The molecule has 1 aromatic heterocycles. The van der Waals surface area contributed by atoms with Gasteiger partial charge in [0.1, 0.15) is 0 Å². The molecule has 0 fully saturated rings. The van der Waals surface area contributed by atoms with Crippen LogP contribution in [-0.2, 0) is 13.0 Å². The van der Waals surface area contributed by atoms with Gasteiger partial charge in [0.2, 0.25) is 0 Å². The molecule has 3 nitrogen and oxygen atoms in total. The van der Waals surface area contributed by atoms with Crippen molar-refractivity contribution in [1.29, 1.82) is 0 Å². The fourth-order valence-electron chi connectivity index (χ4n) is 2.37. The lowest BCUT2D eigenvalue weighted by Gasteiger charge is -2.18. The van der Waals surface area contributed by atoms with Gasteiger partial charge < -0.3 is 10.0 Å². The van der Waals surface area contributed by atoms with Crippen LogP contribution in [0.3, 0.4) is 0 Å². The fraction of sp³-hybridized carbons (Fsp3) is 0.214. The van der Waals surface area contributed by atoms with E-state index in [-0.39, 0.29) is 0 Å². The minimum absolute atomic E-state index is 0.359. The number of aromatic carboxylic acids is 1. The van der Waals surface area contributed by atoms with E-state index in [1.165, 1.54) is 10.4 Å². The van der Waals surface area contributed by atoms with Crippen molar-refractivity contribution in [2.24, 2.45) is 0 Å². The Kier molecular flexibility index (Phi) is 3.33. The summed E-state index contributed by atoms with van der Waals surface area (Å²) in [5.74, 6) is -0.867. The van der Waals surface area contributed by atoms with Crippen LogP contribution in [0.1, 0.15) is 20.8 Å². The normalized spacial score (nSPS) is 13.6. The third-order valence-electron chi connectivity index (χ3n) is 3.29. The lowest BCUT2D eigenvalue weighted by Crippen LogP contribution is -2.19. The fourth-order valence-corrected chi connectivity index (χ4v) is 3.83. The molecule has 1 aliphatic heterocycles. The highest BCUT2D eigenvalue weighted by Crippen LogP contribution is 2.32. The average Bonchev–Trinajstić information content (AvgIpc) is 2.96. The van der Waals surface area contributed by atoms with Gasteiger partial charge in [-0.15, -0.1) is 11.3 Å². The third kappa shape index (κ3) is 2.53. The summed E-state index contributed by atoms with van der Waals surface area (Å²) >= 11 is 5.17. The Morgan fingerprint density at radius 2 is 2.26 bits per heavy atom. The summed E-state index contributed by atoms with van der Waals surface area (Å²) in [5.41, 5.74) is 2.66. The summed E-state index contributed by atoms with van der Waals surface area (Å²) < 4.78 is 1.10. The molecule has 1 N–H and O–H groups in total. The zero-order valence-corrected chi connectivity index (χ0v) is 12.5. The highest BCUT2D eigenvalue weighted by Gasteiger charge is 2.21. The number of nitrogens with zero attached hydrogens (tertiary/aromatic N) is 1. The van der Waals surface area contributed by atoms with Crippen molar-refractivity contribution in [3.8, 4) is 0 Å². The summed E-state index contributed by atoms with van der Waals surface area (Å²) in [7, 11) is 0. The van der Waals surface area contributed by atoms with E-state index in [4.69, 9.17) is 5.11 Å². The van der Waals surface area contributed by atoms with Gasteiger partial charge in [-0.1, -0.05) is 6.07 Å². The first-order chi connectivity index (χ1) is 9.13. The van der Waals surface area contributed by atoms with Crippen LogP contribution in [-0.4, -0.2) is 17.6 Å². The van der Waals surface area contributed by atoms with Crippen molar-refractivity contribution in [1.82, 2.24) is 0 Å². The maximum Gasteiger partial charge on any atom is 0.335 e. The standard InChI is InChI=1S/C14H12BrNO2S/c15-11-6-12(19-8-11)7-16-4-3-9-1-2-10(14(17)18)5-13(9)16/h1-2,5-6,8H,3-4,7H2,(H,17,18). The van der Waals surface area contributed by atoms with Crippen molar-refractivity contribution >= 4 is 38.9 Å². The van der Waals surface area contributed by atoms with Gasteiger partial charge >= 0.3 is 5.97 Å². The predicted octanol–water partition coefficient (Wildman–Crippen LogP) is 3.77. The van der Waals surface area contributed by atoms with Gasteiger partial charge in [-0.3, -0.25) is 0 Å². The molecule has 3 rings (SSSR count). The lowest BCUT2D eigenvalue weighted by molar-refractivity contribution is 0.0697. The van der Waals surface area contributed by atoms with E-state index in [2.05, 4.69) is 32.3 Å². The Balaban J connectivity index is 1.88. The quantitative estimate of drug-likeness (QED) is 0.926. The number of halogens is 1. The molecule has 2 aromatic rings. The minimum Gasteiger partial charge on any atom is -0.478 e. The van der Waals surface area contributed by atoms with Gasteiger partial charge in [-0.05, 0) is 46.1 Å². The molecule has 19 heavy (non-hydrogen) atoms. The predicted molar refractivity (Wildman–Crippen MR) is 80.2 cm³/mol. The van der Waals surface area contributed by atoms with E-state index < -0.39 is 5.97 Å². The number of hydrogen-bond acceptors (Lipinski definition) is 3. The number of carboxylic acids is 1. The van der Waals surface area contributed by atoms with Crippen molar-refractivity contribution in [3.05, 3.63) is 50.1 Å². The van der Waals surface area contributed by atoms with Gasteiger partial charge in [-0.25, -0.2) is 4.79 Å². The van der Waals surface area contributed by atoms with Crippen LogP contribution in [0.15, 0.2) is 34.1 Å². The monoisotopic (exact) mass is 337 g/mol. The number of benzene rings is 1. The Morgan fingerprint density at radius 1 is 1.42 bits per heavy atom. The van der Waals surface area contributed by atoms with Crippen LogP contribution in [0.4, 0.5) is 5.69 Å². The second-order valence-electron chi connectivity index (χ2n) is 4.55. The molecule has 0 bridgehead atoms. The molecule has 0 saturated heterocycles. The van der Waals surface area contributed by atoms with Gasteiger partial charge in [0.15, 0.2) is 0 Å². The zero-order valence-electron chi connectivity index (χ0n) is 10.1. The molecular weight excluding hydrogens is 326 g/mol. The molecule has 2 heterocycles. The maximum atomic E-state index is 11.0. The number of hydrogen-bond donors (Lipinski definition) is 1. The first-order valence-electron chi connectivity index (χ1n) is 5.97. The SMILES string of the molecule is O=C(O)c1ccc2c(c1)N(Cc1cc(Br)cs1)CC2. The van der Waals surface area contributed by atoms with E-state index in [1.807, 2.05) is 6.07 Å². The van der Waals surface area contributed by atoms with Crippen molar-refractivity contribution < 1.29 is 9.90 Å². The van der Waals surface area contributed by atoms with E-state index in [1.54, 1.807) is 23.5 Å². The smallest absolute Gasteiger partial charge is 0.335 e. The Hall–Kier alpha value is -1.33. The second kappa shape index (κ2) is 4.98. The number of carbonyl (C=O) groups is 1. The van der Waals surface area contributed by atoms with Crippen molar-refractivity contribution in [2.75, 3.05) is 11.4 Å². The molecule has 0 saturated carbocycles.